The van der Waals surface area contributed by atoms with Gasteiger partial charge in [-0.1, -0.05) is 15.9 Å². The molecule has 3 rings (SSSR count). The number of rotatable bonds is 3. The monoisotopic (exact) mass is 383 g/mol. The summed E-state index contributed by atoms with van der Waals surface area (Å²) < 4.78 is 29.5. The number of halogens is 3. The molecule has 23 heavy (non-hydrogen) atoms. The van der Waals surface area contributed by atoms with Gasteiger partial charge in [-0.05, 0) is 49.4 Å². The zero-order valence-corrected chi connectivity index (χ0v) is 14.6. The minimum Gasteiger partial charge on any atom is -0.398 e. The van der Waals surface area contributed by atoms with Gasteiger partial charge >= 0.3 is 0 Å². The lowest BCUT2D eigenvalue weighted by atomic mass is 9.87. The molecular weight excluding hydrogens is 364 g/mol. The number of alkyl halides is 2. The van der Waals surface area contributed by atoms with Crippen molar-refractivity contribution in [1.29, 1.82) is 0 Å². The van der Waals surface area contributed by atoms with E-state index in [4.69, 9.17) is 5.73 Å². The fraction of sp³-hybridized carbons (Fsp3) is 0.471. The Morgan fingerprint density at radius 2 is 2.04 bits per heavy atom. The number of nitrogens with two attached hydrogens (primary N) is 1. The summed E-state index contributed by atoms with van der Waals surface area (Å²) in [5.41, 5.74) is 9.78. The van der Waals surface area contributed by atoms with Gasteiger partial charge in [-0.3, -0.25) is 4.68 Å². The quantitative estimate of drug-likeness (QED) is 0.755. The lowest BCUT2D eigenvalue weighted by Crippen LogP contribution is -2.27. The van der Waals surface area contributed by atoms with Crippen molar-refractivity contribution in [2.24, 2.45) is 5.92 Å². The molecular formula is C17H20BrF2N3. The van der Waals surface area contributed by atoms with Gasteiger partial charge in [0.25, 0.3) is 0 Å². The first-order valence-electron chi connectivity index (χ1n) is 7.81. The Labute approximate surface area is 143 Å². The van der Waals surface area contributed by atoms with Crippen molar-refractivity contribution in [2.75, 3.05) is 5.73 Å². The van der Waals surface area contributed by atoms with Crippen LogP contribution in [0.5, 0.6) is 0 Å². The molecule has 1 aliphatic carbocycles. The van der Waals surface area contributed by atoms with E-state index in [9.17, 15) is 8.78 Å². The Morgan fingerprint density at radius 1 is 1.35 bits per heavy atom. The SMILES string of the molecule is Cc1cc(N)c(-c2ccnn2CC2CCC(F)(F)CC2)cc1Br. The zero-order chi connectivity index (χ0) is 16.6. The van der Waals surface area contributed by atoms with E-state index in [1.807, 2.05) is 29.8 Å². The summed E-state index contributed by atoms with van der Waals surface area (Å²) in [6.07, 6.45) is 2.78. The van der Waals surface area contributed by atoms with E-state index < -0.39 is 5.92 Å². The molecule has 3 nitrogen and oxygen atoms in total. The second-order valence-corrected chi connectivity index (χ2v) is 7.24. The highest BCUT2D eigenvalue weighted by molar-refractivity contribution is 9.10. The summed E-state index contributed by atoms with van der Waals surface area (Å²) >= 11 is 3.53. The highest BCUT2D eigenvalue weighted by Crippen LogP contribution is 2.38. The molecule has 0 spiro atoms. The Bertz CT molecular complexity index is 702. The summed E-state index contributed by atoms with van der Waals surface area (Å²) in [6.45, 7) is 2.65. The number of nitrogens with zero attached hydrogens (tertiary/aromatic N) is 2. The van der Waals surface area contributed by atoms with Crippen LogP contribution in [0.15, 0.2) is 28.9 Å². The third-order valence-electron chi connectivity index (χ3n) is 4.59. The minimum atomic E-state index is -2.49. The Hall–Kier alpha value is -1.43. The van der Waals surface area contributed by atoms with Crippen molar-refractivity contribution in [3.05, 3.63) is 34.4 Å². The van der Waals surface area contributed by atoms with Crippen LogP contribution in [0.1, 0.15) is 31.2 Å². The van der Waals surface area contributed by atoms with Crippen molar-refractivity contribution in [3.63, 3.8) is 0 Å². The average Bonchev–Trinajstić information content (AvgIpc) is 2.93. The highest BCUT2D eigenvalue weighted by Gasteiger charge is 2.35. The molecule has 124 valence electrons. The van der Waals surface area contributed by atoms with Gasteiger partial charge in [0.05, 0.1) is 5.69 Å². The summed E-state index contributed by atoms with van der Waals surface area (Å²) in [5.74, 6) is -2.25. The first-order valence-corrected chi connectivity index (χ1v) is 8.61. The van der Waals surface area contributed by atoms with Gasteiger partial charge in [0.15, 0.2) is 0 Å². The summed E-state index contributed by atoms with van der Waals surface area (Å²) in [4.78, 5) is 0. The van der Waals surface area contributed by atoms with Crippen molar-refractivity contribution >= 4 is 21.6 Å². The number of aryl methyl sites for hydroxylation is 1. The molecule has 1 heterocycles. The van der Waals surface area contributed by atoms with Gasteiger partial charge in [-0.15, -0.1) is 0 Å². The molecule has 0 bridgehead atoms. The summed E-state index contributed by atoms with van der Waals surface area (Å²) in [6, 6.07) is 5.84. The number of hydrogen-bond donors (Lipinski definition) is 1. The topological polar surface area (TPSA) is 43.8 Å². The fourth-order valence-corrected chi connectivity index (χ4v) is 3.50. The maximum Gasteiger partial charge on any atom is 0.248 e. The van der Waals surface area contributed by atoms with Gasteiger partial charge < -0.3 is 5.73 Å². The molecule has 0 amide bonds. The van der Waals surface area contributed by atoms with Crippen molar-refractivity contribution in [3.8, 4) is 11.3 Å². The van der Waals surface area contributed by atoms with Crippen LogP contribution in [0.4, 0.5) is 14.5 Å². The molecule has 1 fully saturated rings. The van der Waals surface area contributed by atoms with Crippen LogP contribution in [-0.2, 0) is 6.54 Å². The van der Waals surface area contributed by atoms with Gasteiger partial charge in [0, 0.05) is 41.3 Å². The number of nitrogen functional groups attached to an aromatic ring is 1. The zero-order valence-electron chi connectivity index (χ0n) is 13.0. The molecule has 6 heteroatoms. The molecule has 0 saturated heterocycles. The third-order valence-corrected chi connectivity index (χ3v) is 5.45. The van der Waals surface area contributed by atoms with Crippen LogP contribution in [0.25, 0.3) is 11.3 Å². The van der Waals surface area contributed by atoms with Crippen LogP contribution in [0, 0.1) is 12.8 Å². The minimum absolute atomic E-state index is 0.0213. The maximum atomic E-state index is 13.3. The van der Waals surface area contributed by atoms with Crippen molar-refractivity contribution < 1.29 is 8.78 Å². The Balaban J connectivity index is 1.82. The molecule has 1 aromatic heterocycles. The smallest absolute Gasteiger partial charge is 0.248 e. The van der Waals surface area contributed by atoms with Crippen LogP contribution < -0.4 is 5.73 Å². The molecule has 0 radical (unpaired) electrons. The second kappa shape index (κ2) is 6.23. The van der Waals surface area contributed by atoms with Crippen LogP contribution in [-0.4, -0.2) is 15.7 Å². The van der Waals surface area contributed by atoms with Crippen LogP contribution in [0.3, 0.4) is 0 Å². The van der Waals surface area contributed by atoms with E-state index >= 15 is 0 Å². The van der Waals surface area contributed by atoms with E-state index in [1.54, 1.807) is 6.20 Å². The van der Waals surface area contributed by atoms with Crippen LogP contribution >= 0.6 is 15.9 Å². The van der Waals surface area contributed by atoms with Gasteiger partial charge in [0.1, 0.15) is 0 Å². The Morgan fingerprint density at radius 3 is 2.74 bits per heavy atom. The predicted molar refractivity (Wildman–Crippen MR) is 91.4 cm³/mol. The maximum absolute atomic E-state index is 13.3. The van der Waals surface area contributed by atoms with Crippen molar-refractivity contribution in [2.45, 2.75) is 45.1 Å². The lowest BCUT2D eigenvalue weighted by molar-refractivity contribution is -0.0476. The third kappa shape index (κ3) is 3.57. The van der Waals surface area contributed by atoms with Crippen molar-refractivity contribution in [1.82, 2.24) is 9.78 Å². The molecule has 1 aromatic carbocycles. The molecule has 2 aromatic rings. The van der Waals surface area contributed by atoms with E-state index in [2.05, 4.69) is 21.0 Å². The average molecular weight is 384 g/mol. The number of anilines is 1. The number of benzene rings is 1. The first-order chi connectivity index (χ1) is 10.9. The second-order valence-electron chi connectivity index (χ2n) is 6.39. The van der Waals surface area contributed by atoms with Crippen LogP contribution in [0.2, 0.25) is 0 Å². The first kappa shape index (κ1) is 16.4. The standard InChI is InChI=1S/C17H20BrF2N3/c1-11-8-15(21)13(9-14(11)18)16-4-7-22-23(16)10-12-2-5-17(19,20)6-3-12/h4,7-9,12H,2-3,5-6,10,21H2,1H3. The number of hydrogen-bond acceptors (Lipinski definition) is 2. The molecule has 0 atom stereocenters. The number of aromatic nitrogens is 2. The van der Waals surface area contributed by atoms with E-state index in [0.717, 1.165) is 21.3 Å². The van der Waals surface area contributed by atoms with E-state index in [1.165, 1.54) is 0 Å². The predicted octanol–water partition coefficient (Wildman–Crippen LogP) is 5.03. The van der Waals surface area contributed by atoms with E-state index in [0.29, 0.717) is 25.1 Å². The summed E-state index contributed by atoms with van der Waals surface area (Å²) in [5, 5.41) is 4.37. The molecule has 0 unspecified atom stereocenters. The van der Waals surface area contributed by atoms with Gasteiger partial charge in [0.2, 0.25) is 5.92 Å². The largest absolute Gasteiger partial charge is 0.398 e. The van der Waals surface area contributed by atoms with Gasteiger partial charge in [-0.25, -0.2) is 8.78 Å². The van der Waals surface area contributed by atoms with E-state index in [-0.39, 0.29) is 18.8 Å². The molecule has 1 saturated carbocycles. The van der Waals surface area contributed by atoms with Gasteiger partial charge in [-0.2, -0.15) is 5.10 Å². The highest BCUT2D eigenvalue weighted by atomic mass is 79.9. The fourth-order valence-electron chi connectivity index (χ4n) is 3.16. The lowest BCUT2D eigenvalue weighted by Gasteiger charge is -2.28. The Kier molecular flexibility index (Phi) is 4.45. The normalized spacial score (nSPS) is 18.3. The molecule has 2 N–H and O–H groups in total. The summed E-state index contributed by atoms with van der Waals surface area (Å²) in [7, 11) is 0. The molecule has 0 aliphatic heterocycles. The molecule has 1 aliphatic rings.